The molecule has 1 aliphatic rings. The van der Waals surface area contributed by atoms with Crippen molar-refractivity contribution < 1.29 is 4.79 Å². The van der Waals surface area contributed by atoms with E-state index in [2.05, 4.69) is 17.1 Å². The third kappa shape index (κ3) is 2.92. The molecule has 0 radical (unpaired) electrons. The highest BCUT2D eigenvalue weighted by molar-refractivity contribution is 5.84. The SMILES string of the molecule is CCCN1CCC(NCC)(C(N)=O)CC1. The lowest BCUT2D eigenvalue weighted by molar-refractivity contribution is -0.126. The number of nitrogens with two attached hydrogens (primary N) is 1. The van der Waals surface area contributed by atoms with E-state index < -0.39 is 5.54 Å². The summed E-state index contributed by atoms with van der Waals surface area (Å²) in [5.74, 6) is -0.194. The molecule has 1 aliphatic heterocycles. The summed E-state index contributed by atoms with van der Waals surface area (Å²) in [4.78, 5) is 13.9. The predicted octanol–water partition coefficient (Wildman–Crippen LogP) is 0.326. The second-order valence-corrected chi connectivity index (χ2v) is 4.32. The van der Waals surface area contributed by atoms with Gasteiger partial charge in [0.05, 0.1) is 0 Å². The quantitative estimate of drug-likeness (QED) is 0.692. The largest absolute Gasteiger partial charge is 0.368 e. The summed E-state index contributed by atoms with van der Waals surface area (Å²) in [5.41, 5.74) is 5.04. The Hall–Kier alpha value is -0.610. The zero-order valence-corrected chi connectivity index (χ0v) is 9.88. The molecule has 1 heterocycles. The van der Waals surface area contributed by atoms with Gasteiger partial charge in [-0.15, -0.1) is 0 Å². The van der Waals surface area contributed by atoms with Crippen LogP contribution in [0, 0.1) is 0 Å². The number of amides is 1. The summed E-state index contributed by atoms with van der Waals surface area (Å²) in [6.07, 6.45) is 2.86. The van der Waals surface area contributed by atoms with Crippen LogP contribution in [0.4, 0.5) is 0 Å². The molecule has 3 N–H and O–H groups in total. The number of likely N-dealkylation sites (N-methyl/N-ethyl adjacent to an activating group) is 1. The van der Waals surface area contributed by atoms with Crippen molar-refractivity contribution in [3.05, 3.63) is 0 Å². The van der Waals surface area contributed by atoms with Gasteiger partial charge in [-0.25, -0.2) is 0 Å². The first kappa shape index (κ1) is 12.5. The van der Waals surface area contributed by atoms with E-state index in [0.717, 1.165) is 39.0 Å². The Morgan fingerprint density at radius 1 is 1.40 bits per heavy atom. The van der Waals surface area contributed by atoms with Crippen molar-refractivity contribution >= 4 is 5.91 Å². The number of rotatable bonds is 5. The number of hydrogen-bond donors (Lipinski definition) is 2. The summed E-state index contributed by atoms with van der Waals surface area (Å²) in [6.45, 7) is 8.08. The van der Waals surface area contributed by atoms with Crippen LogP contribution in [0.2, 0.25) is 0 Å². The van der Waals surface area contributed by atoms with E-state index in [1.807, 2.05) is 6.92 Å². The highest BCUT2D eigenvalue weighted by Gasteiger charge is 2.38. The van der Waals surface area contributed by atoms with Crippen LogP contribution in [0.1, 0.15) is 33.1 Å². The van der Waals surface area contributed by atoms with Crippen molar-refractivity contribution in [2.24, 2.45) is 5.73 Å². The minimum Gasteiger partial charge on any atom is -0.368 e. The number of primary amides is 1. The van der Waals surface area contributed by atoms with Gasteiger partial charge in [-0.2, -0.15) is 0 Å². The second-order valence-electron chi connectivity index (χ2n) is 4.32. The zero-order chi connectivity index (χ0) is 11.3. The number of piperidine rings is 1. The molecule has 0 atom stereocenters. The second kappa shape index (κ2) is 5.47. The molecule has 1 rings (SSSR count). The Balaban J connectivity index is 2.53. The Morgan fingerprint density at radius 2 is 2.00 bits per heavy atom. The normalized spacial score (nSPS) is 21.5. The minimum atomic E-state index is -0.445. The molecule has 1 saturated heterocycles. The fourth-order valence-electron chi connectivity index (χ4n) is 2.32. The number of carbonyl (C=O) groups is 1. The average molecular weight is 213 g/mol. The number of likely N-dealkylation sites (tertiary alicyclic amines) is 1. The van der Waals surface area contributed by atoms with Crippen LogP contribution in [0.25, 0.3) is 0 Å². The number of nitrogens with zero attached hydrogens (tertiary/aromatic N) is 1. The molecule has 1 fully saturated rings. The molecule has 1 amide bonds. The number of carbonyl (C=O) groups excluding carboxylic acids is 1. The van der Waals surface area contributed by atoms with Gasteiger partial charge >= 0.3 is 0 Å². The molecule has 4 nitrogen and oxygen atoms in total. The van der Waals surface area contributed by atoms with E-state index in [-0.39, 0.29) is 5.91 Å². The molecule has 0 aromatic carbocycles. The van der Waals surface area contributed by atoms with E-state index in [4.69, 9.17) is 5.73 Å². The van der Waals surface area contributed by atoms with Gasteiger partial charge < -0.3 is 16.0 Å². The lowest BCUT2D eigenvalue weighted by Gasteiger charge is -2.40. The Kier molecular flexibility index (Phi) is 4.54. The Morgan fingerprint density at radius 3 is 2.40 bits per heavy atom. The van der Waals surface area contributed by atoms with Gasteiger partial charge in [0.2, 0.25) is 5.91 Å². The van der Waals surface area contributed by atoms with Gasteiger partial charge in [-0.3, -0.25) is 4.79 Å². The standard InChI is InChI=1S/C11H23N3O/c1-3-7-14-8-5-11(6-9-14,10(12)15)13-4-2/h13H,3-9H2,1-2H3,(H2,12,15). The molecular weight excluding hydrogens is 190 g/mol. The molecule has 88 valence electrons. The molecule has 4 heteroatoms. The van der Waals surface area contributed by atoms with E-state index in [1.165, 1.54) is 6.42 Å². The van der Waals surface area contributed by atoms with E-state index in [9.17, 15) is 4.79 Å². The maximum absolute atomic E-state index is 11.5. The molecule has 15 heavy (non-hydrogen) atoms. The topological polar surface area (TPSA) is 58.4 Å². The Labute approximate surface area is 92.2 Å². The van der Waals surface area contributed by atoms with Crippen molar-refractivity contribution in [2.75, 3.05) is 26.2 Å². The lowest BCUT2D eigenvalue weighted by Crippen LogP contribution is -2.60. The summed E-state index contributed by atoms with van der Waals surface area (Å²) < 4.78 is 0. The van der Waals surface area contributed by atoms with Crippen molar-refractivity contribution in [1.29, 1.82) is 0 Å². The predicted molar refractivity (Wildman–Crippen MR) is 61.6 cm³/mol. The lowest BCUT2D eigenvalue weighted by atomic mass is 9.86. The summed E-state index contributed by atoms with van der Waals surface area (Å²) in [5, 5.41) is 3.26. The van der Waals surface area contributed by atoms with Crippen LogP contribution in [-0.4, -0.2) is 42.5 Å². The molecule has 0 bridgehead atoms. The van der Waals surface area contributed by atoms with Crippen molar-refractivity contribution in [2.45, 2.75) is 38.6 Å². The smallest absolute Gasteiger partial charge is 0.237 e. The van der Waals surface area contributed by atoms with Gasteiger partial charge in [0.1, 0.15) is 5.54 Å². The maximum atomic E-state index is 11.5. The molecule has 0 saturated carbocycles. The van der Waals surface area contributed by atoms with Crippen LogP contribution in [-0.2, 0) is 4.79 Å². The van der Waals surface area contributed by atoms with Gasteiger partial charge in [-0.05, 0) is 32.4 Å². The minimum absolute atomic E-state index is 0.194. The summed E-state index contributed by atoms with van der Waals surface area (Å²) in [6, 6.07) is 0. The third-order valence-electron chi connectivity index (χ3n) is 3.24. The van der Waals surface area contributed by atoms with E-state index in [1.54, 1.807) is 0 Å². The van der Waals surface area contributed by atoms with Gasteiger partial charge in [-0.1, -0.05) is 13.8 Å². The van der Waals surface area contributed by atoms with Crippen LogP contribution < -0.4 is 11.1 Å². The van der Waals surface area contributed by atoms with E-state index in [0.29, 0.717) is 0 Å². The average Bonchev–Trinajstić information content (AvgIpc) is 2.21. The first-order valence-corrected chi connectivity index (χ1v) is 5.92. The first-order chi connectivity index (χ1) is 7.14. The number of hydrogen-bond acceptors (Lipinski definition) is 3. The third-order valence-corrected chi connectivity index (χ3v) is 3.24. The van der Waals surface area contributed by atoms with Crippen LogP contribution in [0.3, 0.4) is 0 Å². The van der Waals surface area contributed by atoms with Crippen LogP contribution in [0.15, 0.2) is 0 Å². The molecule has 0 aromatic rings. The van der Waals surface area contributed by atoms with Crippen LogP contribution >= 0.6 is 0 Å². The molecule has 0 unspecified atom stereocenters. The van der Waals surface area contributed by atoms with Crippen molar-refractivity contribution in [3.63, 3.8) is 0 Å². The monoisotopic (exact) mass is 213 g/mol. The summed E-state index contributed by atoms with van der Waals surface area (Å²) in [7, 11) is 0. The van der Waals surface area contributed by atoms with Crippen molar-refractivity contribution in [3.8, 4) is 0 Å². The van der Waals surface area contributed by atoms with Crippen molar-refractivity contribution in [1.82, 2.24) is 10.2 Å². The highest BCUT2D eigenvalue weighted by atomic mass is 16.1. The van der Waals surface area contributed by atoms with Gasteiger partial charge in [0, 0.05) is 13.1 Å². The van der Waals surface area contributed by atoms with Gasteiger partial charge in [0.15, 0.2) is 0 Å². The highest BCUT2D eigenvalue weighted by Crippen LogP contribution is 2.21. The fourth-order valence-corrected chi connectivity index (χ4v) is 2.32. The molecule has 0 spiro atoms. The maximum Gasteiger partial charge on any atom is 0.237 e. The zero-order valence-electron chi connectivity index (χ0n) is 9.88. The molecule has 0 aromatic heterocycles. The van der Waals surface area contributed by atoms with E-state index >= 15 is 0 Å². The Bertz CT molecular complexity index is 210. The fraction of sp³-hybridized carbons (Fsp3) is 0.909. The molecular formula is C11H23N3O. The molecule has 0 aliphatic carbocycles. The van der Waals surface area contributed by atoms with Crippen LogP contribution in [0.5, 0.6) is 0 Å². The van der Waals surface area contributed by atoms with Gasteiger partial charge in [0.25, 0.3) is 0 Å². The first-order valence-electron chi connectivity index (χ1n) is 5.92. The number of nitrogens with one attached hydrogen (secondary N) is 1. The summed E-state index contributed by atoms with van der Waals surface area (Å²) >= 11 is 0.